The van der Waals surface area contributed by atoms with Crippen molar-refractivity contribution in [2.75, 3.05) is 40.2 Å². The molecular weight excluding hydrogens is 530 g/mol. The number of methoxy groups -OCH3 is 3. The molecule has 0 radical (unpaired) electrons. The number of carbonyl (C=O) groups excluding carboxylic acids is 1. The number of hydrogen-bond donors (Lipinski definition) is 2. The number of ether oxygens (including phenoxy) is 3. The number of anilines is 1. The van der Waals surface area contributed by atoms with Crippen LogP contribution in [-0.2, 0) is 24.2 Å². The van der Waals surface area contributed by atoms with Crippen molar-refractivity contribution in [3.8, 4) is 17.2 Å². The normalized spacial score (nSPS) is 11.2. The molecule has 0 saturated heterocycles. The summed E-state index contributed by atoms with van der Waals surface area (Å²) in [6.45, 7) is 1.61. The molecule has 0 fully saturated rings. The molecule has 0 saturated carbocycles. The van der Waals surface area contributed by atoms with Crippen molar-refractivity contribution in [3.05, 3.63) is 106 Å². The molecule has 4 aromatic carbocycles. The number of aromatic amines is 1. The summed E-state index contributed by atoms with van der Waals surface area (Å²) in [5.74, 6) is 1.85. The molecule has 0 bridgehead atoms. The molecule has 8 heteroatoms. The van der Waals surface area contributed by atoms with E-state index in [1.807, 2.05) is 48.5 Å². The molecular formula is C34H35N3O5. The highest BCUT2D eigenvalue weighted by atomic mass is 16.5. The SMILES string of the molecule is COc1ccc(CN(C)CCc2cccc(NC(=O)Cc3cccc4c(=O)c5cccc(OC)c5[nH]c34)c2)cc1OC. The molecule has 0 aliphatic carbocycles. The lowest BCUT2D eigenvalue weighted by atomic mass is 10.0. The quantitative estimate of drug-likeness (QED) is 0.204. The van der Waals surface area contributed by atoms with E-state index in [4.69, 9.17) is 14.2 Å². The van der Waals surface area contributed by atoms with Gasteiger partial charge in [-0.3, -0.25) is 9.59 Å². The Morgan fingerprint density at radius 2 is 1.50 bits per heavy atom. The van der Waals surface area contributed by atoms with Crippen LogP contribution in [0.4, 0.5) is 5.69 Å². The highest BCUT2D eigenvalue weighted by molar-refractivity contribution is 5.99. The molecule has 1 heterocycles. The lowest BCUT2D eigenvalue weighted by Gasteiger charge is -2.18. The first kappa shape index (κ1) is 28.7. The number of H-pyrrole nitrogens is 1. The van der Waals surface area contributed by atoms with E-state index in [2.05, 4.69) is 28.3 Å². The third-order valence-corrected chi connectivity index (χ3v) is 7.38. The van der Waals surface area contributed by atoms with E-state index in [9.17, 15) is 9.59 Å². The Labute approximate surface area is 244 Å². The summed E-state index contributed by atoms with van der Waals surface area (Å²) in [6.07, 6.45) is 0.944. The third kappa shape index (κ3) is 6.24. The Morgan fingerprint density at radius 1 is 0.786 bits per heavy atom. The van der Waals surface area contributed by atoms with Crippen molar-refractivity contribution in [1.29, 1.82) is 0 Å². The van der Waals surface area contributed by atoms with Crippen LogP contribution in [0.1, 0.15) is 16.7 Å². The predicted molar refractivity (Wildman–Crippen MR) is 167 cm³/mol. The minimum atomic E-state index is -0.161. The van der Waals surface area contributed by atoms with Gasteiger partial charge in [-0.25, -0.2) is 0 Å². The van der Waals surface area contributed by atoms with E-state index in [0.717, 1.165) is 47.6 Å². The summed E-state index contributed by atoms with van der Waals surface area (Å²) in [4.78, 5) is 31.9. The maximum atomic E-state index is 13.2. The van der Waals surface area contributed by atoms with Crippen molar-refractivity contribution in [1.82, 2.24) is 9.88 Å². The summed E-state index contributed by atoms with van der Waals surface area (Å²) < 4.78 is 16.2. The number of rotatable bonds is 11. The molecule has 8 nitrogen and oxygen atoms in total. The number of nitrogens with one attached hydrogen (secondary N) is 2. The van der Waals surface area contributed by atoms with Gasteiger partial charge in [-0.2, -0.15) is 0 Å². The van der Waals surface area contributed by atoms with E-state index >= 15 is 0 Å². The van der Waals surface area contributed by atoms with Gasteiger partial charge in [0.2, 0.25) is 5.91 Å². The highest BCUT2D eigenvalue weighted by Gasteiger charge is 2.14. The standard InChI is InChI=1S/C34H35N3O5/c1-37(21-23-14-15-28(40-2)30(19-23)42-4)17-16-22-8-5-10-25(18-22)35-31(38)20-24-9-6-11-26-32(24)36-33-27(34(26)39)12-7-13-29(33)41-3/h5-15,18-19H,16-17,20-21H2,1-4H3,(H,35,38)(H,36,39). The summed E-state index contributed by atoms with van der Waals surface area (Å²) in [6, 6.07) is 24.7. The van der Waals surface area contributed by atoms with Crippen LogP contribution in [0.3, 0.4) is 0 Å². The predicted octanol–water partition coefficient (Wildman–Crippen LogP) is 5.56. The molecule has 42 heavy (non-hydrogen) atoms. The number of benzene rings is 4. The first-order valence-corrected chi connectivity index (χ1v) is 13.8. The smallest absolute Gasteiger partial charge is 0.228 e. The molecule has 0 spiro atoms. The van der Waals surface area contributed by atoms with Crippen LogP contribution in [0.15, 0.2) is 83.7 Å². The molecule has 5 rings (SSSR count). The van der Waals surface area contributed by atoms with E-state index in [1.54, 1.807) is 45.6 Å². The Morgan fingerprint density at radius 3 is 2.26 bits per heavy atom. The number of carbonyl (C=O) groups is 1. The molecule has 216 valence electrons. The van der Waals surface area contributed by atoms with E-state index in [-0.39, 0.29) is 17.8 Å². The van der Waals surface area contributed by atoms with Crippen LogP contribution in [0.2, 0.25) is 0 Å². The number of nitrogens with zero attached hydrogens (tertiary/aromatic N) is 1. The van der Waals surface area contributed by atoms with Gasteiger partial charge in [0.15, 0.2) is 16.9 Å². The molecule has 1 amide bonds. The lowest BCUT2D eigenvalue weighted by molar-refractivity contribution is -0.115. The second kappa shape index (κ2) is 12.8. The van der Waals surface area contributed by atoms with Crippen molar-refractivity contribution >= 4 is 33.4 Å². The highest BCUT2D eigenvalue weighted by Crippen LogP contribution is 2.28. The summed E-state index contributed by atoms with van der Waals surface area (Å²) in [5, 5.41) is 4.12. The Kier molecular flexibility index (Phi) is 8.74. The molecule has 2 N–H and O–H groups in total. The number of fused-ring (bicyclic) bond motifs is 2. The second-order valence-corrected chi connectivity index (χ2v) is 10.3. The van der Waals surface area contributed by atoms with E-state index in [1.165, 1.54) is 0 Å². The number of aromatic nitrogens is 1. The zero-order valence-electron chi connectivity index (χ0n) is 24.3. The monoisotopic (exact) mass is 565 g/mol. The van der Waals surface area contributed by atoms with Crippen LogP contribution in [0, 0.1) is 0 Å². The van der Waals surface area contributed by atoms with Crippen molar-refractivity contribution in [3.63, 3.8) is 0 Å². The van der Waals surface area contributed by atoms with Gasteiger partial charge in [0.25, 0.3) is 0 Å². The summed E-state index contributed by atoms with van der Waals surface area (Å²) >= 11 is 0. The van der Waals surface area contributed by atoms with Gasteiger partial charge >= 0.3 is 0 Å². The first-order valence-electron chi connectivity index (χ1n) is 13.8. The van der Waals surface area contributed by atoms with Crippen LogP contribution in [0.25, 0.3) is 21.8 Å². The fourth-order valence-electron chi connectivity index (χ4n) is 5.25. The van der Waals surface area contributed by atoms with Crippen LogP contribution >= 0.6 is 0 Å². The average molecular weight is 566 g/mol. The molecule has 5 aromatic rings. The fourth-order valence-corrected chi connectivity index (χ4v) is 5.25. The second-order valence-electron chi connectivity index (χ2n) is 10.3. The fraction of sp³-hybridized carbons (Fsp3) is 0.235. The average Bonchev–Trinajstić information content (AvgIpc) is 3.00. The molecule has 0 atom stereocenters. The zero-order chi connectivity index (χ0) is 29.6. The van der Waals surface area contributed by atoms with Gasteiger partial charge in [0.05, 0.1) is 38.8 Å². The van der Waals surface area contributed by atoms with E-state index < -0.39 is 0 Å². The number of para-hydroxylation sites is 2. The molecule has 0 aliphatic rings. The molecule has 0 aliphatic heterocycles. The Bertz CT molecular complexity index is 1800. The van der Waals surface area contributed by atoms with Crippen molar-refractivity contribution < 1.29 is 19.0 Å². The topological polar surface area (TPSA) is 92.9 Å². The van der Waals surface area contributed by atoms with Crippen LogP contribution in [-0.4, -0.2) is 50.7 Å². The maximum absolute atomic E-state index is 13.2. The van der Waals surface area contributed by atoms with Gasteiger partial charge in [0.1, 0.15) is 5.75 Å². The summed E-state index contributed by atoms with van der Waals surface area (Å²) in [5.41, 5.74) is 4.90. The number of hydrogen-bond acceptors (Lipinski definition) is 6. The molecule has 1 aromatic heterocycles. The van der Waals surface area contributed by atoms with E-state index in [0.29, 0.717) is 33.3 Å². The van der Waals surface area contributed by atoms with Crippen molar-refractivity contribution in [2.45, 2.75) is 19.4 Å². The largest absolute Gasteiger partial charge is 0.495 e. The summed E-state index contributed by atoms with van der Waals surface area (Å²) in [7, 11) is 6.92. The van der Waals surface area contributed by atoms with Gasteiger partial charge in [-0.15, -0.1) is 0 Å². The Hall–Kier alpha value is -4.82. The number of likely N-dealkylation sites (N-methyl/N-ethyl adjacent to an activating group) is 1. The van der Waals surface area contributed by atoms with Gasteiger partial charge in [-0.1, -0.05) is 36.4 Å². The van der Waals surface area contributed by atoms with Crippen LogP contribution in [0.5, 0.6) is 17.2 Å². The van der Waals surface area contributed by atoms with Crippen molar-refractivity contribution in [2.24, 2.45) is 0 Å². The van der Waals surface area contributed by atoms with Crippen LogP contribution < -0.4 is 25.0 Å². The third-order valence-electron chi connectivity index (χ3n) is 7.38. The zero-order valence-corrected chi connectivity index (χ0v) is 24.3. The van der Waals surface area contributed by atoms with Gasteiger partial charge in [0, 0.05) is 29.5 Å². The minimum Gasteiger partial charge on any atom is -0.495 e. The number of pyridine rings is 1. The van der Waals surface area contributed by atoms with Gasteiger partial charge < -0.3 is 29.4 Å². The minimum absolute atomic E-state index is 0.0938. The maximum Gasteiger partial charge on any atom is 0.228 e. The molecule has 0 unspecified atom stereocenters. The number of amides is 1. The first-order chi connectivity index (χ1) is 20.4. The van der Waals surface area contributed by atoms with Gasteiger partial charge in [-0.05, 0) is 72.6 Å². The lowest BCUT2D eigenvalue weighted by Crippen LogP contribution is -2.21. The Balaban J connectivity index is 1.25.